The first-order valence-corrected chi connectivity index (χ1v) is 7.26. The monoisotopic (exact) mass is 254 g/mol. The number of carbonyl (C=O) groups excluding carboxylic acids is 1. The predicted octanol–water partition coefficient (Wildman–Crippen LogP) is 1.30. The fraction of sp³-hybridized carbons (Fsp3) is 0.929. The molecule has 2 aliphatic heterocycles. The van der Waals surface area contributed by atoms with Gasteiger partial charge in [-0.2, -0.15) is 0 Å². The third-order valence-corrected chi connectivity index (χ3v) is 4.44. The maximum absolute atomic E-state index is 12.4. The summed E-state index contributed by atoms with van der Waals surface area (Å²) in [5, 5.41) is 6.58. The normalized spacial score (nSPS) is 41.4. The molecule has 0 radical (unpaired) electrons. The lowest BCUT2D eigenvalue weighted by atomic mass is 9.88. The van der Waals surface area contributed by atoms with Gasteiger partial charge >= 0.3 is 0 Å². The third kappa shape index (κ3) is 3.04. The lowest BCUT2D eigenvalue weighted by Crippen LogP contribution is -2.46. The molecule has 2 aliphatic rings. The molecule has 4 nitrogen and oxygen atoms in total. The Morgan fingerprint density at radius 3 is 2.67 bits per heavy atom. The number of hydrogen-bond acceptors (Lipinski definition) is 3. The zero-order chi connectivity index (χ0) is 13.1. The Balaban J connectivity index is 1.90. The largest absolute Gasteiger partial charge is 0.374 e. The van der Waals surface area contributed by atoms with Crippen molar-refractivity contribution in [3.8, 4) is 0 Å². The second-order valence-electron chi connectivity index (χ2n) is 5.84. The number of hydrogen-bond donors (Lipinski definition) is 2. The molecule has 5 unspecified atom stereocenters. The van der Waals surface area contributed by atoms with Gasteiger partial charge < -0.3 is 15.4 Å². The Kier molecular flexibility index (Phi) is 4.62. The lowest BCUT2D eigenvalue weighted by molar-refractivity contribution is -0.127. The minimum absolute atomic E-state index is 0.00301. The average molecular weight is 254 g/mol. The molecule has 1 amide bonds. The Morgan fingerprint density at radius 1 is 1.22 bits per heavy atom. The molecule has 5 atom stereocenters. The molecule has 0 aromatic carbocycles. The summed E-state index contributed by atoms with van der Waals surface area (Å²) >= 11 is 0. The molecule has 0 aromatic heterocycles. The highest BCUT2D eigenvalue weighted by molar-refractivity contribution is 5.80. The number of amides is 1. The van der Waals surface area contributed by atoms with Crippen molar-refractivity contribution in [2.45, 2.75) is 58.3 Å². The van der Waals surface area contributed by atoms with Gasteiger partial charge in [-0.05, 0) is 39.2 Å². The van der Waals surface area contributed by atoms with Crippen molar-refractivity contribution in [2.24, 2.45) is 11.8 Å². The van der Waals surface area contributed by atoms with Crippen LogP contribution in [0.15, 0.2) is 0 Å². The van der Waals surface area contributed by atoms with Gasteiger partial charge in [0.15, 0.2) is 0 Å². The van der Waals surface area contributed by atoms with E-state index >= 15 is 0 Å². The minimum Gasteiger partial charge on any atom is -0.374 e. The van der Waals surface area contributed by atoms with E-state index in [0.717, 1.165) is 19.5 Å². The SMILES string of the molecule is CC1OC(C)C(C(=O)NC2CCCCNC2)C1C. The lowest BCUT2D eigenvalue weighted by Gasteiger charge is -2.22. The van der Waals surface area contributed by atoms with Crippen molar-refractivity contribution in [2.75, 3.05) is 13.1 Å². The molecule has 2 N–H and O–H groups in total. The molecule has 104 valence electrons. The molecule has 0 spiro atoms. The molecule has 4 heteroatoms. The van der Waals surface area contributed by atoms with Crippen LogP contribution >= 0.6 is 0 Å². The highest BCUT2D eigenvalue weighted by atomic mass is 16.5. The van der Waals surface area contributed by atoms with Gasteiger partial charge in [-0.1, -0.05) is 13.3 Å². The molecule has 2 saturated heterocycles. The van der Waals surface area contributed by atoms with Crippen LogP contribution < -0.4 is 10.6 Å². The van der Waals surface area contributed by atoms with Crippen molar-refractivity contribution in [3.63, 3.8) is 0 Å². The molecule has 2 rings (SSSR count). The van der Waals surface area contributed by atoms with Crippen LogP contribution in [0.4, 0.5) is 0 Å². The fourth-order valence-electron chi connectivity index (χ4n) is 3.16. The van der Waals surface area contributed by atoms with Crippen LogP contribution in [0.25, 0.3) is 0 Å². The highest BCUT2D eigenvalue weighted by Gasteiger charge is 2.41. The molecule has 2 heterocycles. The van der Waals surface area contributed by atoms with E-state index in [4.69, 9.17) is 4.74 Å². The molecule has 18 heavy (non-hydrogen) atoms. The summed E-state index contributed by atoms with van der Waals surface area (Å²) in [5.74, 6) is 0.482. The Labute approximate surface area is 110 Å². The molecular formula is C14H26N2O2. The standard InChI is InChI=1S/C14H26N2O2/c1-9-10(2)18-11(3)13(9)14(17)16-12-6-4-5-7-15-8-12/h9-13,15H,4-8H2,1-3H3,(H,16,17). The molecule has 0 aliphatic carbocycles. The Hall–Kier alpha value is -0.610. The van der Waals surface area contributed by atoms with Crippen molar-refractivity contribution < 1.29 is 9.53 Å². The second-order valence-corrected chi connectivity index (χ2v) is 5.84. The van der Waals surface area contributed by atoms with E-state index in [9.17, 15) is 4.79 Å². The fourth-order valence-corrected chi connectivity index (χ4v) is 3.16. The summed E-state index contributed by atoms with van der Waals surface area (Å²) in [7, 11) is 0. The van der Waals surface area contributed by atoms with E-state index in [1.807, 2.05) is 6.92 Å². The predicted molar refractivity (Wildman–Crippen MR) is 71.3 cm³/mol. The smallest absolute Gasteiger partial charge is 0.226 e. The van der Waals surface area contributed by atoms with Crippen LogP contribution in [0.1, 0.15) is 40.0 Å². The molecule has 2 fully saturated rings. The number of ether oxygens (including phenoxy) is 1. The van der Waals surface area contributed by atoms with E-state index in [1.54, 1.807) is 0 Å². The van der Waals surface area contributed by atoms with Crippen LogP contribution in [-0.4, -0.2) is 37.2 Å². The summed E-state index contributed by atoms with van der Waals surface area (Å²) in [4.78, 5) is 12.4. The van der Waals surface area contributed by atoms with Crippen LogP contribution in [0.2, 0.25) is 0 Å². The van der Waals surface area contributed by atoms with Gasteiger partial charge in [-0.15, -0.1) is 0 Å². The quantitative estimate of drug-likeness (QED) is 0.781. The van der Waals surface area contributed by atoms with Crippen LogP contribution in [0, 0.1) is 11.8 Å². The van der Waals surface area contributed by atoms with Gasteiger partial charge in [-0.25, -0.2) is 0 Å². The van der Waals surface area contributed by atoms with Crippen molar-refractivity contribution >= 4 is 5.91 Å². The van der Waals surface area contributed by atoms with Gasteiger partial charge in [0.25, 0.3) is 0 Å². The second kappa shape index (κ2) is 6.02. The zero-order valence-corrected chi connectivity index (χ0v) is 11.7. The number of rotatable bonds is 2. The van der Waals surface area contributed by atoms with Crippen LogP contribution in [0.3, 0.4) is 0 Å². The van der Waals surface area contributed by atoms with Gasteiger partial charge in [-0.3, -0.25) is 4.79 Å². The maximum Gasteiger partial charge on any atom is 0.226 e. The van der Waals surface area contributed by atoms with E-state index in [2.05, 4.69) is 24.5 Å². The van der Waals surface area contributed by atoms with E-state index in [-0.39, 0.29) is 30.1 Å². The number of nitrogens with one attached hydrogen (secondary N) is 2. The first kappa shape index (κ1) is 13.8. The van der Waals surface area contributed by atoms with Crippen molar-refractivity contribution in [3.05, 3.63) is 0 Å². The van der Waals surface area contributed by atoms with E-state index in [0.29, 0.717) is 5.92 Å². The summed E-state index contributed by atoms with van der Waals surface area (Å²) in [6.45, 7) is 8.15. The third-order valence-electron chi connectivity index (χ3n) is 4.44. The van der Waals surface area contributed by atoms with E-state index in [1.165, 1.54) is 12.8 Å². The Morgan fingerprint density at radius 2 is 2.00 bits per heavy atom. The van der Waals surface area contributed by atoms with Crippen LogP contribution in [-0.2, 0) is 9.53 Å². The van der Waals surface area contributed by atoms with Gasteiger partial charge in [0.05, 0.1) is 18.1 Å². The average Bonchev–Trinajstić information content (AvgIpc) is 2.52. The molecule has 0 saturated carbocycles. The topological polar surface area (TPSA) is 50.4 Å². The number of carbonyl (C=O) groups is 1. The summed E-state index contributed by atoms with van der Waals surface area (Å²) in [6.07, 6.45) is 3.71. The van der Waals surface area contributed by atoms with Crippen LogP contribution in [0.5, 0.6) is 0 Å². The van der Waals surface area contributed by atoms with Crippen molar-refractivity contribution in [1.82, 2.24) is 10.6 Å². The molecule has 0 aromatic rings. The first-order chi connectivity index (χ1) is 8.59. The summed E-state index contributed by atoms with van der Waals surface area (Å²) < 4.78 is 5.74. The first-order valence-electron chi connectivity index (χ1n) is 7.26. The van der Waals surface area contributed by atoms with Gasteiger partial charge in [0, 0.05) is 12.6 Å². The Bertz CT molecular complexity index is 288. The maximum atomic E-state index is 12.4. The van der Waals surface area contributed by atoms with Gasteiger partial charge in [0.1, 0.15) is 0 Å². The van der Waals surface area contributed by atoms with Gasteiger partial charge in [0.2, 0.25) is 5.91 Å². The zero-order valence-electron chi connectivity index (χ0n) is 11.7. The molecule has 0 bridgehead atoms. The molecular weight excluding hydrogens is 228 g/mol. The highest BCUT2D eigenvalue weighted by Crippen LogP contribution is 2.32. The summed E-state index contributed by atoms with van der Waals surface area (Å²) in [6, 6.07) is 0.287. The van der Waals surface area contributed by atoms with Crippen molar-refractivity contribution in [1.29, 1.82) is 0 Å². The summed E-state index contributed by atoms with van der Waals surface area (Å²) in [5.41, 5.74) is 0. The minimum atomic E-state index is 0.00301. The van der Waals surface area contributed by atoms with E-state index < -0.39 is 0 Å².